The van der Waals surface area contributed by atoms with Gasteiger partial charge in [-0.05, 0) is 24.3 Å². The van der Waals surface area contributed by atoms with E-state index >= 15 is 0 Å². The molecular formula is C14H8Br2F4O. The van der Waals surface area contributed by atoms with Gasteiger partial charge in [0.15, 0.2) is 0 Å². The molecule has 0 aliphatic rings. The van der Waals surface area contributed by atoms with Crippen LogP contribution in [0.25, 0.3) is 0 Å². The van der Waals surface area contributed by atoms with E-state index in [0.717, 1.165) is 24.3 Å². The molecular weight excluding hydrogens is 420 g/mol. The van der Waals surface area contributed by atoms with Crippen LogP contribution < -0.4 is 0 Å². The summed E-state index contributed by atoms with van der Waals surface area (Å²) in [6.45, 7) is 0. The Morgan fingerprint density at radius 1 is 0.714 bits per heavy atom. The molecule has 0 aromatic heterocycles. The van der Waals surface area contributed by atoms with Crippen molar-refractivity contribution in [3.8, 4) is 0 Å². The summed E-state index contributed by atoms with van der Waals surface area (Å²) in [6, 6.07) is 9.72. The zero-order valence-corrected chi connectivity index (χ0v) is 13.5. The minimum Gasteiger partial charge on any atom is -0.247 e. The van der Waals surface area contributed by atoms with Crippen molar-refractivity contribution in [3.05, 3.63) is 68.6 Å². The first-order chi connectivity index (χ1) is 9.71. The second-order valence-electron chi connectivity index (χ2n) is 4.16. The lowest BCUT2D eigenvalue weighted by atomic mass is 10.2. The summed E-state index contributed by atoms with van der Waals surface area (Å²) < 4.78 is 60.0. The summed E-state index contributed by atoms with van der Waals surface area (Å²) in [5.74, 6) is 0. The smallest absolute Gasteiger partial charge is 0.247 e. The zero-order valence-electron chi connectivity index (χ0n) is 10.3. The van der Waals surface area contributed by atoms with Crippen LogP contribution in [0, 0.1) is 0 Å². The molecule has 21 heavy (non-hydrogen) atoms. The standard InChI is InChI=1S/C14H8Br2F4O/c15-11-5-1-3-9(7-11)13(17,18)21-14(19,20)10-4-2-6-12(16)8-10/h1-8H. The third kappa shape index (κ3) is 4.05. The second kappa shape index (κ2) is 6.06. The van der Waals surface area contributed by atoms with Crippen LogP contribution in [0.2, 0.25) is 0 Å². The first kappa shape index (κ1) is 16.5. The molecule has 0 fully saturated rings. The highest BCUT2D eigenvalue weighted by atomic mass is 79.9. The maximum atomic E-state index is 13.9. The Morgan fingerprint density at radius 3 is 1.43 bits per heavy atom. The molecule has 0 bridgehead atoms. The van der Waals surface area contributed by atoms with Crippen molar-refractivity contribution in [3.63, 3.8) is 0 Å². The highest BCUT2D eigenvalue weighted by Gasteiger charge is 2.46. The quantitative estimate of drug-likeness (QED) is 0.541. The lowest BCUT2D eigenvalue weighted by Gasteiger charge is -2.24. The number of hydrogen-bond acceptors (Lipinski definition) is 1. The fourth-order valence-electron chi connectivity index (χ4n) is 1.62. The van der Waals surface area contributed by atoms with Gasteiger partial charge in [-0.1, -0.05) is 56.1 Å². The Balaban J connectivity index is 2.30. The van der Waals surface area contributed by atoms with Gasteiger partial charge in [-0.2, -0.15) is 17.6 Å². The molecule has 2 aromatic rings. The van der Waals surface area contributed by atoms with Crippen molar-refractivity contribution in [1.82, 2.24) is 0 Å². The lowest BCUT2D eigenvalue weighted by Crippen LogP contribution is -2.29. The molecule has 2 aromatic carbocycles. The van der Waals surface area contributed by atoms with Crippen molar-refractivity contribution in [2.75, 3.05) is 0 Å². The Bertz CT molecular complexity index is 591. The van der Waals surface area contributed by atoms with Crippen LogP contribution in [0.15, 0.2) is 57.5 Å². The van der Waals surface area contributed by atoms with E-state index in [1.165, 1.54) is 24.3 Å². The highest BCUT2D eigenvalue weighted by molar-refractivity contribution is 9.10. The van der Waals surface area contributed by atoms with E-state index in [-0.39, 0.29) is 0 Å². The summed E-state index contributed by atoms with van der Waals surface area (Å²) in [5, 5.41) is 0. The van der Waals surface area contributed by atoms with E-state index in [4.69, 9.17) is 0 Å². The average molecular weight is 428 g/mol. The van der Waals surface area contributed by atoms with Crippen molar-refractivity contribution < 1.29 is 22.3 Å². The first-order valence-electron chi connectivity index (χ1n) is 5.68. The van der Waals surface area contributed by atoms with E-state index in [9.17, 15) is 17.6 Å². The van der Waals surface area contributed by atoms with Crippen molar-refractivity contribution in [2.45, 2.75) is 12.2 Å². The van der Waals surface area contributed by atoms with Crippen molar-refractivity contribution >= 4 is 31.9 Å². The topological polar surface area (TPSA) is 9.23 Å². The Morgan fingerprint density at radius 2 is 1.10 bits per heavy atom. The first-order valence-corrected chi connectivity index (χ1v) is 7.27. The number of hydrogen-bond donors (Lipinski definition) is 0. The molecule has 0 spiro atoms. The number of alkyl halides is 4. The van der Waals surface area contributed by atoms with Crippen LogP contribution in [0.3, 0.4) is 0 Å². The van der Waals surface area contributed by atoms with E-state index in [1.807, 2.05) is 0 Å². The molecule has 0 saturated heterocycles. The number of ether oxygens (including phenoxy) is 1. The fraction of sp³-hybridized carbons (Fsp3) is 0.143. The normalized spacial score (nSPS) is 12.5. The minimum absolute atomic E-state index is 0.342. The van der Waals surface area contributed by atoms with Crippen LogP contribution in [0.1, 0.15) is 11.1 Å². The van der Waals surface area contributed by atoms with Crippen molar-refractivity contribution in [1.29, 1.82) is 0 Å². The molecule has 7 heteroatoms. The maximum Gasteiger partial charge on any atom is 0.388 e. The second-order valence-corrected chi connectivity index (χ2v) is 5.99. The van der Waals surface area contributed by atoms with Gasteiger partial charge in [-0.25, -0.2) is 4.74 Å². The summed E-state index contributed by atoms with van der Waals surface area (Å²) in [4.78, 5) is 0. The fourth-order valence-corrected chi connectivity index (χ4v) is 2.42. The van der Waals surface area contributed by atoms with Crippen LogP contribution in [-0.2, 0) is 17.0 Å². The van der Waals surface area contributed by atoms with Crippen LogP contribution in [0.5, 0.6) is 0 Å². The van der Waals surface area contributed by atoms with Gasteiger partial charge < -0.3 is 0 Å². The summed E-state index contributed by atoms with van der Waals surface area (Å²) in [6.07, 6.45) is -8.26. The number of rotatable bonds is 4. The van der Waals surface area contributed by atoms with Crippen LogP contribution in [-0.4, -0.2) is 0 Å². The van der Waals surface area contributed by atoms with Gasteiger partial charge >= 0.3 is 12.2 Å². The van der Waals surface area contributed by atoms with Crippen LogP contribution >= 0.6 is 31.9 Å². The lowest BCUT2D eigenvalue weighted by molar-refractivity contribution is -0.391. The predicted molar refractivity (Wildman–Crippen MR) is 77.2 cm³/mol. The summed E-state index contributed by atoms with van der Waals surface area (Å²) in [5.41, 5.74) is -1.32. The molecule has 0 atom stereocenters. The molecule has 0 aliphatic heterocycles. The van der Waals surface area contributed by atoms with E-state index in [0.29, 0.717) is 8.95 Å². The minimum atomic E-state index is -4.13. The molecule has 0 radical (unpaired) electrons. The molecule has 0 N–H and O–H groups in total. The summed E-state index contributed by atoms with van der Waals surface area (Å²) in [7, 11) is 0. The van der Waals surface area contributed by atoms with Crippen molar-refractivity contribution in [2.24, 2.45) is 0 Å². The van der Waals surface area contributed by atoms with E-state index in [1.54, 1.807) is 0 Å². The number of halogens is 6. The van der Waals surface area contributed by atoms with Crippen LogP contribution in [0.4, 0.5) is 17.6 Å². The van der Waals surface area contributed by atoms with Gasteiger partial charge in [0.2, 0.25) is 0 Å². The Hall–Kier alpha value is -0.920. The largest absolute Gasteiger partial charge is 0.388 e. The Kier molecular flexibility index (Phi) is 4.75. The zero-order chi connectivity index (χ0) is 15.7. The third-order valence-electron chi connectivity index (χ3n) is 2.58. The molecule has 1 nitrogen and oxygen atoms in total. The van der Waals surface area contributed by atoms with Gasteiger partial charge in [0, 0.05) is 8.95 Å². The highest BCUT2D eigenvalue weighted by Crippen LogP contribution is 2.41. The van der Waals surface area contributed by atoms with E-state index in [2.05, 4.69) is 36.6 Å². The van der Waals surface area contributed by atoms with E-state index < -0.39 is 23.3 Å². The van der Waals surface area contributed by atoms with Gasteiger partial charge in [-0.15, -0.1) is 0 Å². The predicted octanol–water partition coefficient (Wildman–Crippen LogP) is 6.03. The van der Waals surface area contributed by atoms with Gasteiger partial charge in [0.05, 0.1) is 11.1 Å². The maximum absolute atomic E-state index is 13.9. The molecule has 0 heterocycles. The average Bonchev–Trinajstić information content (AvgIpc) is 2.37. The Labute approximate surface area is 135 Å². The molecule has 2 rings (SSSR count). The number of benzene rings is 2. The SMILES string of the molecule is FC(F)(OC(F)(F)c1cccc(Br)c1)c1cccc(Br)c1. The summed E-state index contributed by atoms with van der Waals surface area (Å²) >= 11 is 6.01. The molecule has 0 unspecified atom stereocenters. The molecule has 0 saturated carbocycles. The monoisotopic (exact) mass is 426 g/mol. The van der Waals surface area contributed by atoms with Gasteiger partial charge in [0.25, 0.3) is 0 Å². The molecule has 0 amide bonds. The van der Waals surface area contributed by atoms with Gasteiger partial charge in [-0.3, -0.25) is 0 Å². The molecule has 112 valence electrons. The van der Waals surface area contributed by atoms with Gasteiger partial charge in [0.1, 0.15) is 0 Å². The third-order valence-corrected chi connectivity index (χ3v) is 3.56. The molecule has 0 aliphatic carbocycles.